The van der Waals surface area contributed by atoms with Gasteiger partial charge in [-0.1, -0.05) is 18.2 Å². The molecule has 1 atom stereocenters. The van der Waals surface area contributed by atoms with Gasteiger partial charge in [-0.25, -0.2) is 4.98 Å². The summed E-state index contributed by atoms with van der Waals surface area (Å²) in [6.45, 7) is 4.32. The summed E-state index contributed by atoms with van der Waals surface area (Å²) in [5.74, 6) is 0.579. The fourth-order valence-electron chi connectivity index (χ4n) is 2.73. The van der Waals surface area contributed by atoms with Gasteiger partial charge in [0.05, 0.1) is 35.6 Å². The Labute approximate surface area is 157 Å². The molecule has 1 amide bonds. The van der Waals surface area contributed by atoms with Crippen molar-refractivity contribution < 1.29 is 9.53 Å². The van der Waals surface area contributed by atoms with E-state index >= 15 is 0 Å². The van der Waals surface area contributed by atoms with Crippen molar-refractivity contribution in [2.24, 2.45) is 0 Å². The summed E-state index contributed by atoms with van der Waals surface area (Å²) in [4.78, 5) is 19.2. The number of carbonyl (C=O) groups excluding carboxylic acids is 1. The highest BCUT2D eigenvalue weighted by Gasteiger charge is 2.19. The number of hydrogen-bond acceptors (Lipinski definition) is 5. The van der Waals surface area contributed by atoms with Gasteiger partial charge in [-0.3, -0.25) is 9.69 Å². The van der Waals surface area contributed by atoms with Crippen LogP contribution in [-0.2, 0) is 4.79 Å². The van der Waals surface area contributed by atoms with Gasteiger partial charge in [0.25, 0.3) is 0 Å². The molecule has 0 saturated carbocycles. The third-order valence-corrected chi connectivity index (χ3v) is 5.56. The van der Waals surface area contributed by atoms with Crippen LogP contribution in [0.1, 0.15) is 23.5 Å². The van der Waals surface area contributed by atoms with E-state index in [1.54, 1.807) is 18.4 Å². The van der Waals surface area contributed by atoms with Crippen LogP contribution in [0.4, 0.5) is 5.69 Å². The molecule has 0 saturated heterocycles. The minimum absolute atomic E-state index is 0.0533. The molecule has 26 heavy (non-hydrogen) atoms. The zero-order valence-corrected chi connectivity index (χ0v) is 16.3. The number of para-hydroxylation sites is 1. The molecule has 1 N–H and O–H groups in total. The molecule has 3 aromatic rings. The van der Waals surface area contributed by atoms with Crippen molar-refractivity contribution in [1.29, 1.82) is 0 Å². The SMILES string of the molecule is COc1ccc(C)cc1NC(=O)CN(C)[C@H](C)c1nc2ccccc2s1. The zero-order valence-electron chi connectivity index (χ0n) is 15.4. The maximum atomic E-state index is 12.5. The summed E-state index contributed by atoms with van der Waals surface area (Å²) in [6.07, 6.45) is 0. The molecule has 1 heterocycles. The van der Waals surface area contributed by atoms with E-state index in [9.17, 15) is 4.79 Å². The maximum absolute atomic E-state index is 12.5. The number of benzene rings is 2. The second-order valence-corrected chi connectivity index (χ2v) is 7.43. The van der Waals surface area contributed by atoms with Crippen LogP contribution in [0.25, 0.3) is 10.2 Å². The zero-order chi connectivity index (χ0) is 18.7. The lowest BCUT2D eigenvalue weighted by Gasteiger charge is -2.22. The molecule has 1 aromatic heterocycles. The van der Waals surface area contributed by atoms with Crippen LogP contribution < -0.4 is 10.1 Å². The lowest BCUT2D eigenvalue weighted by atomic mass is 10.2. The minimum Gasteiger partial charge on any atom is -0.495 e. The van der Waals surface area contributed by atoms with Crippen molar-refractivity contribution in [3.05, 3.63) is 53.0 Å². The van der Waals surface area contributed by atoms with E-state index in [0.717, 1.165) is 20.8 Å². The van der Waals surface area contributed by atoms with Gasteiger partial charge in [-0.05, 0) is 50.7 Å². The topological polar surface area (TPSA) is 54.5 Å². The van der Waals surface area contributed by atoms with Crippen LogP contribution in [0, 0.1) is 6.92 Å². The third kappa shape index (κ3) is 4.03. The summed E-state index contributed by atoms with van der Waals surface area (Å²) >= 11 is 1.67. The Morgan fingerprint density at radius 1 is 1.31 bits per heavy atom. The quantitative estimate of drug-likeness (QED) is 0.706. The van der Waals surface area contributed by atoms with E-state index in [1.165, 1.54) is 0 Å². The molecular weight excluding hydrogens is 346 g/mol. The second-order valence-electron chi connectivity index (χ2n) is 6.36. The predicted molar refractivity (Wildman–Crippen MR) is 107 cm³/mol. The Balaban J connectivity index is 1.68. The van der Waals surface area contributed by atoms with Crippen LogP contribution in [0.3, 0.4) is 0 Å². The molecule has 2 aromatic carbocycles. The van der Waals surface area contributed by atoms with Crippen LogP contribution in [0.2, 0.25) is 0 Å². The van der Waals surface area contributed by atoms with Crippen molar-refractivity contribution in [1.82, 2.24) is 9.88 Å². The number of aromatic nitrogens is 1. The Hall–Kier alpha value is -2.44. The Morgan fingerprint density at radius 2 is 2.08 bits per heavy atom. The molecule has 0 spiro atoms. The van der Waals surface area contributed by atoms with Gasteiger partial charge >= 0.3 is 0 Å². The number of carbonyl (C=O) groups is 1. The first-order chi connectivity index (χ1) is 12.5. The Bertz CT molecular complexity index is 889. The lowest BCUT2D eigenvalue weighted by molar-refractivity contribution is -0.117. The number of likely N-dealkylation sites (N-methyl/N-ethyl adjacent to an activating group) is 1. The monoisotopic (exact) mass is 369 g/mol. The number of methoxy groups -OCH3 is 1. The number of nitrogens with one attached hydrogen (secondary N) is 1. The number of rotatable bonds is 6. The second kappa shape index (κ2) is 7.85. The van der Waals surface area contributed by atoms with Gasteiger partial charge in [0.2, 0.25) is 5.91 Å². The minimum atomic E-state index is -0.0793. The number of hydrogen-bond donors (Lipinski definition) is 1. The fraction of sp³-hybridized carbons (Fsp3) is 0.300. The summed E-state index contributed by atoms with van der Waals surface area (Å²) in [7, 11) is 3.53. The highest BCUT2D eigenvalue weighted by atomic mass is 32.1. The van der Waals surface area contributed by atoms with Crippen molar-refractivity contribution in [2.75, 3.05) is 26.0 Å². The van der Waals surface area contributed by atoms with Crippen molar-refractivity contribution in [3.63, 3.8) is 0 Å². The standard InChI is InChI=1S/C20H23N3O2S/c1-13-9-10-17(25-4)16(11-13)21-19(24)12-23(3)14(2)20-22-15-7-5-6-8-18(15)26-20/h5-11,14H,12H2,1-4H3,(H,21,24)/t14-/m1/s1. The molecule has 6 heteroatoms. The molecule has 3 rings (SSSR count). The molecule has 0 fully saturated rings. The Kier molecular flexibility index (Phi) is 5.54. The smallest absolute Gasteiger partial charge is 0.238 e. The molecule has 0 aliphatic carbocycles. The highest BCUT2D eigenvalue weighted by Crippen LogP contribution is 2.29. The average Bonchev–Trinajstić information content (AvgIpc) is 3.05. The third-order valence-electron chi connectivity index (χ3n) is 4.35. The molecular formula is C20H23N3O2S. The van der Waals surface area contributed by atoms with E-state index < -0.39 is 0 Å². The van der Waals surface area contributed by atoms with E-state index in [-0.39, 0.29) is 18.5 Å². The van der Waals surface area contributed by atoms with E-state index in [0.29, 0.717) is 11.4 Å². The van der Waals surface area contributed by atoms with Crippen LogP contribution >= 0.6 is 11.3 Å². The molecule has 0 radical (unpaired) electrons. The first-order valence-corrected chi connectivity index (χ1v) is 9.30. The summed E-state index contributed by atoms with van der Waals surface area (Å²) in [6, 6.07) is 13.9. The highest BCUT2D eigenvalue weighted by molar-refractivity contribution is 7.18. The van der Waals surface area contributed by atoms with Crippen LogP contribution in [-0.4, -0.2) is 36.5 Å². The summed E-state index contributed by atoms with van der Waals surface area (Å²) < 4.78 is 6.48. The van der Waals surface area contributed by atoms with E-state index in [2.05, 4.69) is 23.3 Å². The fourth-order valence-corrected chi connectivity index (χ4v) is 3.81. The molecule has 0 aliphatic rings. The molecule has 0 unspecified atom stereocenters. The van der Waals surface area contributed by atoms with E-state index in [1.807, 2.05) is 55.3 Å². The van der Waals surface area contributed by atoms with Gasteiger partial charge in [-0.15, -0.1) is 11.3 Å². The Morgan fingerprint density at radius 3 is 2.81 bits per heavy atom. The first-order valence-electron chi connectivity index (χ1n) is 8.48. The number of anilines is 1. The maximum Gasteiger partial charge on any atom is 0.238 e. The van der Waals surface area contributed by atoms with Gasteiger partial charge in [0.1, 0.15) is 10.8 Å². The summed E-state index contributed by atoms with van der Waals surface area (Å²) in [5, 5.41) is 3.95. The number of nitrogens with zero attached hydrogens (tertiary/aromatic N) is 2. The number of fused-ring (bicyclic) bond motifs is 1. The number of aryl methyl sites for hydroxylation is 1. The average molecular weight is 369 g/mol. The van der Waals surface area contributed by atoms with Crippen LogP contribution in [0.5, 0.6) is 5.75 Å². The molecule has 0 aliphatic heterocycles. The number of thiazole rings is 1. The van der Waals surface area contributed by atoms with Gasteiger partial charge in [0.15, 0.2) is 0 Å². The molecule has 136 valence electrons. The number of ether oxygens (including phenoxy) is 1. The molecule has 5 nitrogen and oxygen atoms in total. The van der Waals surface area contributed by atoms with Gasteiger partial charge in [0, 0.05) is 0 Å². The van der Waals surface area contributed by atoms with Gasteiger partial charge in [-0.2, -0.15) is 0 Å². The predicted octanol–water partition coefficient (Wildman–Crippen LogP) is 4.24. The van der Waals surface area contributed by atoms with E-state index in [4.69, 9.17) is 4.74 Å². The number of amides is 1. The van der Waals surface area contributed by atoms with Crippen LogP contribution in [0.15, 0.2) is 42.5 Å². The first kappa shape index (κ1) is 18.4. The lowest BCUT2D eigenvalue weighted by Crippen LogP contribution is -2.32. The van der Waals surface area contributed by atoms with Crippen molar-refractivity contribution in [2.45, 2.75) is 19.9 Å². The van der Waals surface area contributed by atoms with Crippen molar-refractivity contribution in [3.8, 4) is 5.75 Å². The van der Waals surface area contributed by atoms with Gasteiger partial charge < -0.3 is 10.1 Å². The summed E-state index contributed by atoms with van der Waals surface area (Å²) in [5.41, 5.74) is 2.76. The molecule has 0 bridgehead atoms. The normalized spacial score (nSPS) is 12.3. The van der Waals surface area contributed by atoms with Crippen molar-refractivity contribution >= 4 is 33.1 Å². The largest absolute Gasteiger partial charge is 0.495 e.